The molecule has 0 radical (unpaired) electrons. The average Bonchev–Trinajstić information content (AvgIpc) is 3.43. The van der Waals surface area contributed by atoms with Gasteiger partial charge in [0.2, 0.25) is 0 Å². The highest BCUT2D eigenvalue weighted by atomic mass is 15.1. The first kappa shape index (κ1) is 26.7. The molecule has 0 bridgehead atoms. The second-order valence-electron chi connectivity index (χ2n) is 11.5. The van der Waals surface area contributed by atoms with Gasteiger partial charge in [-0.25, -0.2) is 0 Å². The van der Waals surface area contributed by atoms with E-state index < -0.39 is 0 Å². The number of hydrogen-bond donors (Lipinski definition) is 0. The lowest BCUT2D eigenvalue weighted by molar-refractivity contribution is 0.869. The molecule has 45 heavy (non-hydrogen) atoms. The fourth-order valence-corrected chi connectivity index (χ4v) is 6.46. The van der Waals surface area contributed by atoms with Crippen LogP contribution in [0.25, 0.3) is 44.1 Å². The molecule has 1 aromatic heterocycles. The lowest BCUT2D eigenvalue weighted by Gasteiger charge is -2.26. The van der Waals surface area contributed by atoms with Crippen LogP contribution in [-0.2, 0) is 6.54 Å². The van der Waals surface area contributed by atoms with E-state index in [0.717, 1.165) is 23.6 Å². The van der Waals surface area contributed by atoms with Crippen molar-refractivity contribution < 1.29 is 0 Å². The molecule has 0 unspecified atom stereocenters. The number of nitrogens with zero attached hydrogens (tertiary/aromatic N) is 2. The minimum Gasteiger partial charge on any atom is -0.336 e. The quantitative estimate of drug-likeness (QED) is 0.183. The third-order valence-corrected chi connectivity index (χ3v) is 8.65. The molecule has 2 nitrogen and oxygen atoms in total. The van der Waals surface area contributed by atoms with E-state index >= 15 is 0 Å². The van der Waals surface area contributed by atoms with Crippen LogP contribution < -0.4 is 4.90 Å². The first-order valence-corrected chi connectivity index (χ1v) is 15.5. The molecule has 0 spiro atoms. The topological polar surface area (TPSA) is 8.17 Å². The largest absolute Gasteiger partial charge is 0.336 e. The molecule has 0 saturated heterocycles. The molecule has 8 rings (SSSR count). The Morgan fingerprint density at radius 3 is 1.31 bits per heavy atom. The van der Waals surface area contributed by atoms with Gasteiger partial charge in [0, 0.05) is 45.4 Å². The van der Waals surface area contributed by atoms with Crippen molar-refractivity contribution in [2.75, 3.05) is 4.90 Å². The van der Waals surface area contributed by atoms with Crippen LogP contribution >= 0.6 is 0 Å². The van der Waals surface area contributed by atoms with Gasteiger partial charge in [0.25, 0.3) is 0 Å². The number of rotatable bonds is 7. The maximum absolute atomic E-state index is 2.44. The monoisotopic (exact) mass is 576 g/mol. The van der Waals surface area contributed by atoms with Crippen molar-refractivity contribution in [1.29, 1.82) is 0 Å². The summed E-state index contributed by atoms with van der Waals surface area (Å²) in [6, 6.07) is 65.3. The molecule has 0 fully saturated rings. The number of benzene rings is 7. The first-order valence-electron chi connectivity index (χ1n) is 15.5. The molecule has 0 aliphatic carbocycles. The zero-order valence-electron chi connectivity index (χ0n) is 24.9. The third-order valence-electron chi connectivity index (χ3n) is 8.65. The third kappa shape index (κ3) is 5.17. The average molecular weight is 577 g/mol. The van der Waals surface area contributed by atoms with E-state index in [0.29, 0.717) is 0 Å². The van der Waals surface area contributed by atoms with Crippen LogP contribution in [0.15, 0.2) is 182 Å². The van der Waals surface area contributed by atoms with E-state index in [1.165, 1.54) is 49.6 Å². The van der Waals surface area contributed by atoms with Gasteiger partial charge < -0.3 is 9.47 Å². The molecular formula is C43H32N2. The van der Waals surface area contributed by atoms with Gasteiger partial charge in [-0.15, -0.1) is 0 Å². The van der Waals surface area contributed by atoms with Crippen molar-refractivity contribution >= 4 is 38.9 Å². The number of fused-ring (bicyclic) bond motifs is 3. The Bertz CT molecular complexity index is 2080. The van der Waals surface area contributed by atoms with Crippen LogP contribution in [0, 0.1) is 0 Å². The van der Waals surface area contributed by atoms with E-state index in [-0.39, 0.29) is 0 Å². The molecule has 0 saturated carbocycles. The Morgan fingerprint density at radius 2 is 0.800 bits per heavy atom. The first-order chi connectivity index (χ1) is 22.3. The molecule has 0 aliphatic heterocycles. The van der Waals surface area contributed by atoms with E-state index in [4.69, 9.17) is 0 Å². The van der Waals surface area contributed by atoms with Gasteiger partial charge in [0.05, 0.1) is 0 Å². The molecule has 0 aliphatic rings. The Labute approximate surface area is 264 Å². The van der Waals surface area contributed by atoms with E-state index in [9.17, 15) is 0 Å². The molecule has 0 amide bonds. The summed E-state index contributed by atoms with van der Waals surface area (Å²) >= 11 is 0. The number of anilines is 3. The molecular weight excluding hydrogens is 544 g/mol. The standard InChI is InChI=1S/C43H32N2/c1-3-13-33(14-4-1)35-22-26-37(27-23-35)45(38-28-24-36(25-29-38)34-15-5-2-6-16-34)39-17-11-12-32(30-39)31-44-42-20-9-7-18-40(42)41-19-8-10-21-43(41)44/h1-30H,31H2. The van der Waals surface area contributed by atoms with E-state index in [1.807, 2.05) is 0 Å². The summed E-state index contributed by atoms with van der Waals surface area (Å²) in [7, 11) is 0. The lowest BCUT2D eigenvalue weighted by atomic mass is 10.0. The second kappa shape index (κ2) is 11.7. The predicted octanol–water partition coefficient (Wildman–Crippen LogP) is 11.6. The van der Waals surface area contributed by atoms with Crippen molar-refractivity contribution in [1.82, 2.24) is 4.57 Å². The van der Waals surface area contributed by atoms with Crippen molar-refractivity contribution in [3.63, 3.8) is 0 Å². The smallest absolute Gasteiger partial charge is 0.0494 e. The highest BCUT2D eigenvalue weighted by Crippen LogP contribution is 2.38. The fraction of sp³-hybridized carbons (Fsp3) is 0.0233. The number of aromatic nitrogens is 1. The van der Waals surface area contributed by atoms with Gasteiger partial charge in [-0.2, -0.15) is 0 Å². The predicted molar refractivity (Wildman–Crippen MR) is 191 cm³/mol. The Kier molecular flexibility index (Phi) is 6.94. The minimum absolute atomic E-state index is 0.787. The van der Waals surface area contributed by atoms with Gasteiger partial charge >= 0.3 is 0 Å². The normalized spacial score (nSPS) is 11.2. The molecule has 8 aromatic rings. The minimum atomic E-state index is 0.787. The van der Waals surface area contributed by atoms with E-state index in [1.54, 1.807) is 0 Å². The summed E-state index contributed by atoms with van der Waals surface area (Å²) in [5, 5.41) is 2.59. The molecule has 0 N–H and O–H groups in total. The Hall–Kier alpha value is -5.86. The number of para-hydroxylation sites is 2. The molecule has 2 heteroatoms. The van der Waals surface area contributed by atoms with Gasteiger partial charge in [0.1, 0.15) is 0 Å². The van der Waals surface area contributed by atoms with Crippen molar-refractivity contribution in [3.8, 4) is 22.3 Å². The van der Waals surface area contributed by atoms with Gasteiger partial charge in [-0.3, -0.25) is 0 Å². The van der Waals surface area contributed by atoms with Gasteiger partial charge in [0.15, 0.2) is 0 Å². The van der Waals surface area contributed by atoms with Crippen LogP contribution in [0.3, 0.4) is 0 Å². The zero-order chi connectivity index (χ0) is 30.0. The Morgan fingerprint density at radius 1 is 0.356 bits per heavy atom. The van der Waals surface area contributed by atoms with Gasteiger partial charge in [-0.1, -0.05) is 133 Å². The summed E-state index contributed by atoms with van der Waals surface area (Å²) in [6.07, 6.45) is 0. The summed E-state index contributed by atoms with van der Waals surface area (Å²) in [5.41, 5.74) is 12.0. The number of hydrogen-bond acceptors (Lipinski definition) is 1. The molecule has 214 valence electrons. The highest BCUT2D eigenvalue weighted by molar-refractivity contribution is 6.08. The summed E-state index contributed by atoms with van der Waals surface area (Å²) < 4.78 is 2.44. The molecule has 0 atom stereocenters. The van der Waals surface area contributed by atoms with Crippen LogP contribution in [0.2, 0.25) is 0 Å². The Balaban J connectivity index is 1.21. The van der Waals surface area contributed by atoms with Crippen molar-refractivity contribution in [2.24, 2.45) is 0 Å². The van der Waals surface area contributed by atoms with Crippen molar-refractivity contribution in [2.45, 2.75) is 6.54 Å². The summed E-state index contributed by atoms with van der Waals surface area (Å²) in [6.45, 7) is 0.787. The molecule has 7 aromatic carbocycles. The maximum Gasteiger partial charge on any atom is 0.0494 e. The fourth-order valence-electron chi connectivity index (χ4n) is 6.46. The lowest BCUT2D eigenvalue weighted by Crippen LogP contribution is -2.10. The molecule has 1 heterocycles. The van der Waals surface area contributed by atoms with Crippen molar-refractivity contribution in [3.05, 3.63) is 188 Å². The summed E-state index contributed by atoms with van der Waals surface area (Å²) in [4.78, 5) is 2.36. The maximum atomic E-state index is 2.44. The second-order valence-corrected chi connectivity index (χ2v) is 11.5. The SMILES string of the molecule is c1ccc(-c2ccc(N(c3ccc(-c4ccccc4)cc3)c3cccc(Cn4c5ccccc5c5ccccc54)c3)cc2)cc1. The van der Waals surface area contributed by atoms with Gasteiger partial charge in [-0.05, 0) is 76.3 Å². The summed E-state index contributed by atoms with van der Waals surface area (Å²) in [5.74, 6) is 0. The van der Waals surface area contributed by atoms with E-state index in [2.05, 4.69) is 191 Å². The zero-order valence-corrected chi connectivity index (χ0v) is 24.9. The van der Waals surface area contributed by atoms with Crippen LogP contribution in [0.5, 0.6) is 0 Å². The highest BCUT2D eigenvalue weighted by Gasteiger charge is 2.15. The van der Waals surface area contributed by atoms with Crippen LogP contribution in [0.4, 0.5) is 17.1 Å². The van der Waals surface area contributed by atoms with Crippen LogP contribution in [0.1, 0.15) is 5.56 Å². The van der Waals surface area contributed by atoms with Crippen LogP contribution in [-0.4, -0.2) is 4.57 Å².